The third-order valence-corrected chi connectivity index (χ3v) is 11.8. The van der Waals surface area contributed by atoms with Crippen LogP contribution in [0, 0.1) is 0 Å². The summed E-state index contributed by atoms with van der Waals surface area (Å²) in [5.41, 5.74) is 18.8. The number of fused-ring (bicyclic) bond motifs is 3. The minimum absolute atomic E-state index is 0.0557. The molecule has 1 aliphatic rings. The Balaban J connectivity index is 1.01. The van der Waals surface area contributed by atoms with Gasteiger partial charge in [0.05, 0.1) is 0 Å². The minimum atomic E-state index is -0.0557. The molecule has 56 heavy (non-hydrogen) atoms. The van der Waals surface area contributed by atoms with E-state index < -0.39 is 0 Å². The number of hydrogen-bond donors (Lipinski definition) is 0. The zero-order chi connectivity index (χ0) is 37.9. The van der Waals surface area contributed by atoms with E-state index >= 15 is 0 Å². The van der Waals surface area contributed by atoms with E-state index in [0.29, 0.717) is 0 Å². The minimum Gasteiger partial charge on any atom is -0.310 e. The van der Waals surface area contributed by atoms with Gasteiger partial charge in [0.15, 0.2) is 0 Å². The summed E-state index contributed by atoms with van der Waals surface area (Å²) in [5, 5.41) is 0. The molecular weight excluding hydrogens is 675 g/mol. The second kappa shape index (κ2) is 15.2. The highest BCUT2D eigenvalue weighted by atomic mass is 15.1. The fraction of sp³-hybridized carbons (Fsp3) is 0.0909. The van der Waals surface area contributed by atoms with Crippen LogP contribution >= 0.6 is 0 Å². The predicted octanol–water partition coefficient (Wildman–Crippen LogP) is 15.4. The highest BCUT2D eigenvalue weighted by molar-refractivity contribution is 5.89. The van der Waals surface area contributed by atoms with E-state index in [1.54, 1.807) is 0 Å². The van der Waals surface area contributed by atoms with Gasteiger partial charge in [0, 0.05) is 22.5 Å². The lowest BCUT2D eigenvalue weighted by Gasteiger charge is -2.32. The standard InChI is InChI=1S/C55H45N/c1-3-55(4-2)53-37-41(29-34-50(53)51-36-33-48(39-54(51)55)56(46-21-13-7-14-22-46)47-23-15-8-16-24-47)26-25-40-27-30-42(31-28-40)45-32-35-49(43-17-9-5-10-18-43)52(38-45)44-19-11-6-12-20-44/h5-39H,3-4H2,1-2H3/b26-25+. The summed E-state index contributed by atoms with van der Waals surface area (Å²) in [7, 11) is 0. The quantitative estimate of drug-likeness (QED) is 0.127. The molecule has 0 aromatic heterocycles. The van der Waals surface area contributed by atoms with Gasteiger partial charge in [-0.2, -0.15) is 0 Å². The first-order valence-corrected chi connectivity index (χ1v) is 19.9. The number of anilines is 3. The van der Waals surface area contributed by atoms with Crippen molar-refractivity contribution in [2.24, 2.45) is 0 Å². The molecule has 0 spiro atoms. The fourth-order valence-corrected chi connectivity index (χ4v) is 8.79. The summed E-state index contributed by atoms with van der Waals surface area (Å²) in [4.78, 5) is 2.38. The Morgan fingerprint density at radius 1 is 0.357 bits per heavy atom. The number of para-hydroxylation sites is 2. The summed E-state index contributed by atoms with van der Waals surface area (Å²) >= 11 is 0. The topological polar surface area (TPSA) is 3.24 Å². The van der Waals surface area contributed by atoms with Crippen LogP contribution in [0.4, 0.5) is 17.1 Å². The van der Waals surface area contributed by atoms with Crippen LogP contribution in [0.25, 0.3) is 56.7 Å². The Bertz CT molecular complexity index is 2580. The lowest BCUT2D eigenvalue weighted by atomic mass is 9.73. The van der Waals surface area contributed by atoms with Crippen molar-refractivity contribution < 1.29 is 0 Å². The van der Waals surface area contributed by atoms with Crippen LogP contribution < -0.4 is 4.90 Å². The van der Waals surface area contributed by atoms with Crippen molar-refractivity contribution >= 4 is 29.2 Å². The van der Waals surface area contributed by atoms with E-state index in [9.17, 15) is 0 Å². The molecule has 0 aliphatic heterocycles. The molecule has 0 N–H and O–H groups in total. The molecule has 0 amide bonds. The Morgan fingerprint density at radius 3 is 1.41 bits per heavy atom. The maximum atomic E-state index is 2.46. The van der Waals surface area contributed by atoms with Crippen molar-refractivity contribution in [2.75, 3.05) is 4.90 Å². The van der Waals surface area contributed by atoms with Crippen molar-refractivity contribution in [1.82, 2.24) is 0 Å². The van der Waals surface area contributed by atoms with Crippen LogP contribution in [0.15, 0.2) is 200 Å². The fourth-order valence-electron chi connectivity index (χ4n) is 8.79. The molecule has 1 heteroatoms. The van der Waals surface area contributed by atoms with Crippen molar-refractivity contribution in [2.45, 2.75) is 32.1 Å². The summed E-state index contributed by atoms with van der Waals surface area (Å²) in [5.74, 6) is 0. The molecule has 0 atom stereocenters. The monoisotopic (exact) mass is 719 g/mol. The van der Waals surface area contributed by atoms with Crippen molar-refractivity contribution in [3.63, 3.8) is 0 Å². The molecule has 0 bridgehead atoms. The third-order valence-electron chi connectivity index (χ3n) is 11.8. The smallest absolute Gasteiger partial charge is 0.0465 e. The molecule has 0 saturated heterocycles. The van der Waals surface area contributed by atoms with Gasteiger partial charge in [-0.1, -0.05) is 184 Å². The second-order valence-electron chi connectivity index (χ2n) is 14.8. The summed E-state index contributed by atoms with van der Waals surface area (Å²) < 4.78 is 0. The van der Waals surface area contributed by atoms with Gasteiger partial charge in [-0.25, -0.2) is 0 Å². The summed E-state index contributed by atoms with van der Waals surface area (Å²) in [6.45, 7) is 4.70. The van der Waals surface area contributed by atoms with Crippen LogP contribution in [0.1, 0.15) is 48.9 Å². The van der Waals surface area contributed by atoms with E-state index in [0.717, 1.165) is 24.2 Å². The van der Waals surface area contributed by atoms with Gasteiger partial charge in [0.1, 0.15) is 0 Å². The molecule has 0 heterocycles. The molecular formula is C55H45N. The normalized spacial score (nSPS) is 12.7. The Morgan fingerprint density at radius 2 is 0.821 bits per heavy atom. The van der Waals surface area contributed by atoms with Crippen LogP contribution in [0.2, 0.25) is 0 Å². The molecule has 0 radical (unpaired) electrons. The lowest BCUT2D eigenvalue weighted by molar-refractivity contribution is 0.490. The van der Waals surface area contributed by atoms with Gasteiger partial charge in [-0.3, -0.25) is 0 Å². The van der Waals surface area contributed by atoms with Crippen LogP contribution in [-0.2, 0) is 5.41 Å². The van der Waals surface area contributed by atoms with Gasteiger partial charge in [0.2, 0.25) is 0 Å². The van der Waals surface area contributed by atoms with Crippen molar-refractivity contribution in [1.29, 1.82) is 0 Å². The van der Waals surface area contributed by atoms with E-state index in [1.165, 1.54) is 72.4 Å². The largest absolute Gasteiger partial charge is 0.310 e. The molecule has 270 valence electrons. The van der Waals surface area contributed by atoms with Gasteiger partial charge < -0.3 is 4.90 Å². The first kappa shape index (κ1) is 35.0. The summed E-state index contributed by atoms with van der Waals surface area (Å²) in [6.07, 6.45) is 6.60. The van der Waals surface area contributed by atoms with Crippen molar-refractivity contribution in [3.05, 3.63) is 222 Å². The van der Waals surface area contributed by atoms with E-state index in [2.05, 4.69) is 231 Å². The molecule has 0 saturated carbocycles. The van der Waals surface area contributed by atoms with E-state index in [4.69, 9.17) is 0 Å². The molecule has 1 nitrogen and oxygen atoms in total. The predicted molar refractivity (Wildman–Crippen MR) is 240 cm³/mol. The van der Waals surface area contributed by atoms with Crippen molar-refractivity contribution in [3.8, 4) is 44.5 Å². The summed E-state index contributed by atoms with van der Waals surface area (Å²) in [6, 6.07) is 72.8. The third kappa shape index (κ3) is 6.46. The molecule has 9 rings (SSSR count). The number of benzene rings is 8. The van der Waals surface area contributed by atoms with Crippen LogP contribution in [-0.4, -0.2) is 0 Å². The molecule has 8 aromatic rings. The van der Waals surface area contributed by atoms with Gasteiger partial charge >= 0.3 is 0 Å². The van der Waals surface area contributed by atoms with Gasteiger partial charge in [-0.15, -0.1) is 0 Å². The molecule has 0 fully saturated rings. The van der Waals surface area contributed by atoms with Gasteiger partial charge in [0.25, 0.3) is 0 Å². The van der Waals surface area contributed by atoms with E-state index in [-0.39, 0.29) is 5.41 Å². The Labute approximate surface area is 331 Å². The Kier molecular flexibility index (Phi) is 9.51. The first-order chi connectivity index (χ1) is 27.6. The molecule has 1 aliphatic carbocycles. The first-order valence-electron chi connectivity index (χ1n) is 19.9. The average Bonchev–Trinajstić information content (AvgIpc) is 3.55. The molecule has 0 unspecified atom stereocenters. The number of rotatable bonds is 10. The van der Waals surface area contributed by atoms with Crippen LogP contribution in [0.3, 0.4) is 0 Å². The van der Waals surface area contributed by atoms with Gasteiger partial charge in [-0.05, 0) is 122 Å². The highest BCUT2D eigenvalue weighted by Crippen LogP contribution is 2.54. The van der Waals surface area contributed by atoms with Crippen LogP contribution in [0.5, 0.6) is 0 Å². The highest BCUT2D eigenvalue weighted by Gasteiger charge is 2.41. The average molecular weight is 720 g/mol. The zero-order valence-electron chi connectivity index (χ0n) is 32.1. The SMILES string of the molecule is CCC1(CC)c2cc(/C=C/c3ccc(-c4ccc(-c5ccccc5)c(-c5ccccc5)c4)cc3)ccc2-c2ccc(N(c3ccccc3)c3ccccc3)cc21. The second-order valence-corrected chi connectivity index (χ2v) is 14.8. The van der Waals surface area contributed by atoms with E-state index in [1.807, 2.05) is 0 Å². The number of hydrogen-bond acceptors (Lipinski definition) is 1. The maximum absolute atomic E-state index is 2.46. The zero-order valence-corrected chi connectivity index (χ0v) is 32.1. The lowest BCUT2D eigenvalue weighted by Crippen LogP contribution is -2.23. The number of nitrogens with zero attached hydrogens (tertiary/aromatic N) is 1. The maximum Gasteiger partial charge on any atom is 0.0465 e. The Hall–Kier alpha value is -6.70. The molecule has 8 aromatic carbocycles.